The molecule has 36 heavy (non-hydrogen) atoms. The van der Waals surface area contributed by atoms with Gasteiger partial charge in [0.2, 0.25) is 5.91 Å². The number of pyridine rings is 1. The van der Waals surface area contributed by atoms with Gasteiger partial charge in [-0.25, -0.2) is 4.39 Å². The van der Waals surface area contributed by atoms with Gasteiger partial charge in [0.05, 0.1) is 12.2 Å². The van der Waals surface area contributed by atoms with Crippen molar-refractivity contribution < 1.29 is 18.7 Å². The highest BCUT2D eigenvalue weighted by molar-refractivity contribution is 5.95. The van der Waals surface area contributed by atoms with Gasteiger partial charge in [-0.15, -0.1) is 0 Å². The van der Waals surface area contributed by atoms with Crippen molar-refractivity contribution >= 4 is 11.8 Å². The molecule has 2 atom stereocenters. The zero-order valence-electron chi connectivity index (χ0n) is 19.6. The summed E-state index contributed by atoms with van der Waals surface area (Å²) in [5, 5.41) is 5.61. The molecule has 2 amide bonds. The maximum atomic E-state index is 13.5. The molecule has 0 aliphatic carbocycles. The number of carbonyl (C=O) groups excluding carboxylic acids is 2. The topological polar surface area (TPSA) is 80.3 Å². The second-order valence-corrected chi connectivity index (χ2v) is 8.52. The molecular formula is C29H24FN3O3. The van der Waals surface area contributed by atoms with Gasteiger partial charge in [0.1, 0.15) is 23.6 Å². The minimum absolute atomic E-state index is 0.192. The van der Waals surface area contributed by atoms with E-state index in [-0.39, 0.29) is 17.6 Å². The van der Waals surface area contributed by atoms with Crippen LogP contribution in [0.4, 0.5) is 4.39 Å². The van der Waals surface area contributed by atoms with Crippen molar-refractivity contribution in [3.05, 3.63) is 119 Å². The first kappa shape index (κ1) is 23.2. The summed E-state index contributed by atoms with van der Waals surface area (Å²) in [5.41, 5.74) is 4.44. The number of ether oxygens (including phenoxy) is 1. The van der Waals surface area contributed by atoms with Crippen molar-refractivity contribution in [2.75, 3.05) is 7.05 Å². The third-order valence-corrected chi connectivity index (χ3v) is 6.24. The van der Waals surface area contributed by atoms with Gasteiger partial charge in [-0.1, -0.05) is 36.4 Å². The normalized spacial score (nSPS) is 16.1. The molecule has 6 nitrogen and oxygen atoms in total. The summed E-state index contributed by atoms with van der Waals surface area (Å²) in [5.74, 6) is -0.738. The zero-order valence-corrected chi connectivity index (χ0v) is 19.6. The number of hydrogen-bond acceptors (Lipinski definition) is 4. The van der Waals surface area contributed by atoms with Crippen LogP contribution in [0.5, 0.6) is 5.75 Å². The third kappa shape index (κ3) is 4.68. The van der Waals surface area contributed by atoms with Crippen molar-refractivity contribution in [3.8, 4) is 16.9 Å². The maximum Gasteiger partial charge on any atom is 0.251 e. The van der Waals surface area contributed by atoms with Crippen molar-refractivity contribution in [2.45, 2.75) is 18.6 Å². The number of fused-ring (bicyclic) bond motifs is 1. The predicted octanol–water partition coefficient (Wildman–Crippen LogP) is 4.78. The molecule has 2 N–H and O–H groups in total. The number of nitrogens with zero attached hydrogens (tertiary/aromatic N) is 1. The van der Waals surface area contributed by atoms with Gasteiger partial charge >= 0.3 is 0 Å². The number of benzene rings is 3. The Hall–Kier alpha value is -4.52. The largest absolute Gasteiger partial charge is 0.484 e. The fraction of sp³-hybridized carbons (Fsp3) is 0.138. The first-order valence-corrected chi connectivity index (χ1v) is 11.6. The SMILES string of the molecule is CNC(=O)C1c2cc(-c3cccc(C(=O)NCc4ccccn4)c3)ccc2OC1c1ccc(F)cc1. The number of likely N-dealkylation sites (N-methyl/N-ethyl adjacent to an activating group) is 1. The Morgan fingerprint density at radius 2 is 1.75 bits per heavy atom. The molecule has 5 rings (SSSR count). The summed E-state index contributed by atoms with van der Waals surface area (Å²) < 4.78 is 19.6. The minimum Gasteiger partial charge on any atom is -0.484 e. The predicted molar refractivity (Wildman–Crippen MR) is 134 cm³/mol. The van der Waals surface area contributed by atoms with E-state index in [1.165, 1.54) is 12.1 Å². The summed E-state index contributed by atoms with van der Waals surface area (Å²) >= 11 is 0. The highest BCUT2D eigenvalue weighted by Gasteiger charge is 2.40. The second-order valence-electron chi connectivity index (χ2n) is 8.52. The molecule has 1 aromatic heterocycles. The monoisotopic (exact) mass is 481 g/mol. The van der Waals surface area contributed by atoms with Crippen LogP contribution in [0.1, 0.15) is 39.2 Å². The van der Waals surface area contributed by atoms with E-state index in [1.807, 2.05) is 54.6 Å². The molecule has 7 heteroatoms. The van der Waals surface area contributed by atoms with E-state index in [1.54, 1.807) is 31.4 Å². The van der Waals surface area contributed by atoms with E-state index in [0.29, 0.717) is 23.4 Å². The molecule has 2 unspecified atom stereocenters. The van der Waals surface area contributed by atoms with Gasteiger partial charge < -0.3 is 15.4 Å². The first-order valence-electron chi connectivity index (χ1n) is 11.6. The van der Waals surface area contributed by atoms with Crippen LogP contribution < -0.4 is 15.4 Å². The van der Waals surface area contributed by atoms with Crippen molar-refractivity contribution in [3.63, 3.8) is 0 Å². The minimum atomic E-state index is -0.597. The lowest BCUT2D eigenvalue weighted by atomic mass is 9.88. The Morgan fingerprint density at radius 1 is 0.944 bits per heavy atom. The molecule has 4 aromatic rings. The highest BCUT2D eigenvalue weighted by Crippen LogP contribution is 2.47. The van der Waals surface area contributed by atoms with Crippen LogP contribution in [0.3, 0.4) is 0 Å². The molecule has 1 aliphatic rings. The summed E-state index contributed by atoms with van der Waals surface area (Å²) in [6.07, 6.45) is 1.12. The smallest absolute Gasteiger partial charge is 0.251 e. The Labute approximate surface area is 208 Å². The van der Waals surface area contributed by atoms with E-state index < -0.39 is 12.0 Å². The van der Waals surface area contributed by atoms with E-state index in [9.17, 15) is 14.0 Å². The first-order chi connectivity index (χ1) is 17.5. The lowest BCUT2D eigenvalue weighted by molar-refractivity contribution is -0.123. The molecule has 0 radical (unpaired) electrons. The van der Waals surface area contributed by atoms with E-state index in [4.69, 9.17) is 4.74 Å². The molecule has 0 spiro atoms. The van der Waals surface area contributed by atoms with Crippen LogP contribution >= 0.6 is 0 Å². The number of rotatable bonds is 6. The van der Waals surface area contributed by atoms with Gasteiger partial charge in [0, 0.05) is 24.4 Å². The van der Waals surface area contributed by atoms with Gasteiger partial charge in [-0.2, -0.15) is 0 Å². The third-order valence-electron chi connectivity index (χ3n) is 6.24. The summed E-state index contributed by atoms with van der Waals surface area (Å²) in [7, 11) is 1.58. The van der Waals surface area contributed by atoms with Crippen LogP contribution in [0.25, 0.3) is 11.1 Å². The average molecular weight is 482 g/mol. The number of amides is 2. The van der Waals surface area contributed by atoms with Gasteiger partial charge in [0.25, 0.3) is 5.91 Å². The van der Waals surface area contributed by atoms with E-state index in [2.05, 4.69) is 15.6 Å². The maximum absolute atomic E-state index is 13.5. The molecule has 2 heterocycles. The van der Waals surface area contributed by atoms with Crippen molar-refractivity contribution in [2.24, 2.45) is 0 Å². The van der Waals surface area contributed by atoms with Gasteiger partial charge in [-0.05, 0) is 65.2 Å². The lowest BCUT2D eigenvalue weighted by Gasteiger charge is -2.18. The Kier molecular flexibility index (Phi) is 6.45. The van der Waals surface area contributed by atoms with Crippen LogP contribution in [-0.4, -0.2) is 23.8 Å². The van der Waals surface area contributed by atoms with Crippen molar-refractivity contribution in [1.82, 2.24) is 15.6 Å². The molecule has 0 bridgehead atoms. The summed E-state index contributed by atoms with van der Waals surface area (Å²) in [6, 6.07) is 24.5. The fourth-order valence-electron chi connectivity index (χ4n) is 4.41. The molecule has 180 valence electrons. The van der Waals surface area contributed by atoms with E-state index >= 15 is 0 Å². The Bertz CT molecular complexity index is 1410. The average Bonchev–Trinajstić information content (AvgIpc) is 3.31. The van der Waals surface area contributed by atoms with Crippen LogP contribution in [0.2, 0.25) is 0 Å². The fourth-order valence-corrected chi connectivity index (χ4v) is 4.41. The highest BCUT2D eigenvalue weighted by atomic mass is 19.1. The van der Waals surface area contributed by atoms with E-state index in [0.717, 1.165) is 22.4 Å². The van der Waals surface area contributed by atoms with Crippen LogP contribution in [0.15, 0.2) is 91.1 Å². The molecule has 0 saturated carbocycles. The Morgan fingerprint density at radius 3 is 2.50 bits per heavy atom. The lowest BCUT2D eigenvalue weighted by Crippen LogP contribution is -2.28. The Balaban J connectivity index is 1.42. The van der Waals surface area contributed by atoms with Gasteiger partial charge in [0.15, 0.2) is 0 Å². The van der Waals surface area contributed by atoms with Crippen molar-refractivity contribution in [1.29, 1.82) is 0 Å². The van der Waals surface area contributed by atoms with Crippen LogP contribution in [0, 0.1) is 5.82 Å². The molecule has 1 aliphatic heterocycles. The number of halogens is 1. The standard InChI is InChI=1S/C29H24FN3O3/c1-31-29(35)26-24-16-20(10-13-25(24)36-27(26)18-8-11-22(30)12-9-18)19-5-4-6-21(15-19)28(34)33-17-23-7-2-3-14-32-23/h2-16,26-27H,17H2,1H3,(H,31,35)(H,33,34). The number of aromatic nitrogens is 1. The summed E-state index contributed by atoms with van der Waals surface area (Å²) in [6.45, 7) is 0.332. The molecular weight excluding hydrogens is 457 g/mol. The molecule has 0 saturated heterocycles. The number of carbonyl (C=O) groups is 2. The molecule has 0 fully saturated rings. The quantitative estimate of drug-likeness (QED) is 0.415. The zero-order chi connectivity index (χ0) is 25.1. The number of nitrogens with one attached hydrogen (secondary N) is 2. The molecule has 3 aromatic carbocycles. The van der Waals surface area contributed by atoms with Gasteiger partial charge in [-0.3, -0.25) is 14.6 Å². The summed E-state index contributed by atoms with van der Waals surface area (Å²) in [4.78, 5) is 29.9. The number of hydrogen-bond donors (Lipinski definition) is 2. The van der Waals surface area contributed by atoms with Crippen LogP contribution in [-0.2, 0) is 11.3 Å². The second kappa shape index (κ2) is 10.00.